The molecule has 88 valence electrons. The van der Waals surface area contributed by atoms with E-state index in [2.05, 4.69) is 5.32 Å². The minimum absolute atomic E-state index is 0.484. The second kappa shape index (κ2) is 5.51. The fourth-order valence-electron chi connectivity index (χ4n) is 1.40. The molecule has 0 aliphatic carbocycles. The lowest BCUT2D eigenvalue weighted by Crippen LogP contribution is -2.33. The van der Waals surface area contributed by atoms with Crippen LogP contribution in [0, 0.1) is 6.92 Å². The van der Waals surface area contributed by atoms with Crippen LogP contribution >= 0.6 is 0 Å². The summed E-state index contributed by atoms with van der Waals surface area (Å²) in [5, 5.41) is 11.7. The maximum atomic E-state index is 10.6. The van der Waals surface area contributed by atoms with E-state index < -0.39 is 12.0 Å². The van der Waals surface area contributed by atoms with Gasteiger partial charge in [0.05, 0.1) is 7.11 Å². The second-order valence-corrected chi connectivity index (χ2v) is 3.76. The third-order valence-corrected chi connectivity index (χ3v) is 2.41. The van der Waals surface area contributed by atoms with E-state index in [0.717, 1.165) is 16.9 Å². The fraction of sp³-hybridized carbons (Fsp3) is 0.417. The molecule has 2 N–H and O–H groups in total. The van der Waals surface area contributed by atoms with Gasteiger partial charge >= 0.3 is 5.97 Å². The SMILES string of the molecule is COc1ccc(C)cc1CN[C@H](C)C(=O)O. The number of hydrogen-bond donors (Lipinski definition) is 2. The minimum atomic E-state index is -0.855. The van der Waals surface area contributed by atoms with Crippen LogP contribution in [0.2, 0.25) is 0 Å². The van der Waals surface area contributed by atoms with Crippen molar-refractivity contribution >= 4 is 5.97 Å². The molecule has 0 spiro atoms. The zero-order chi connectivity index (χ0) is 12.1. The number of rotatable bonds is 5. The van der Waals surface area contributed by atoms with E-state index >= 15 is 0 Å². The maximum Gasteiger partial charge on any atom is 0.320 e. The number of ether oxygens (including phenoxy) is 1. The van der Waals surface area contributed by atoms with Gasteiger partial charge in [-0.3, -0.25) is 4.79 Å². The number of benzene rings is 1. The number of aryl methyl sites for hydroxylation is 1. The second-order valence-electron chi connectivity index (χ2n) is 3.76. The molecule has 0 aromatic heterocycles. The van der Waals surface area contributed by atoms with Crippen LogP contribution in [-0.4, -0.2) is 24.2 Å². The van der Waals surface area contributed by atoms with Gasteiger partial charge in [-0.15, -0.1) is 0 Å². The van der Waals surface area contributed by atoms with E-state index in [0.29, 0.717) is 6.54 Å². The summed E-state index contributed by atoms with van der Waals surface area (Å²) in [6.45, 7) is 4.09. The van der Waals surface area contributed by atoms with E-state index in [9.17, 15) is 4.79 Å². The first-order valence-corrected chi connectivity index (χ1v) is 5.14. The van der Waals surface area contributed by atoms with Crippen molar-refractivity contribution in [3.63, 3.8) is 0 Å². The molecule has 4 heteroatoms. The molecule has 1 rings (SSSR count). The van der Waals surface area contributed by atoms with Crippen LogP contribution in [0.4, 0.5) is 0 Å². The molecule has 0 radical (unpaired) electrons. The average Bonchev–Trinajstić information content (AvgIpc) is 2.25. The Bertz CT molecular complexity index is 377. The molecule has 0 bridgehead atoms. The van der Waals surface area contributed by atoms with Gasteiger partial charge in [0.2, 0.25) is 0 Å². The quantitative estimate of drug-likeness (QED) is 0.795. The number of carbonyl (C=O) groups is 1. The van der Waals surface area contributed by atoms with Crippen molar-refractivity contribution < 1.29 is 14.6 Å². The molecule has 1 aromatic rings. The van der Waals surface area contributed by atoms with Crippen molar-refractivity contribution in [2.45, 2.75) is 26.4 Å². The van der Waals surface area contributed by atoms with Gasteiger partial charge in [-0.25, -0.2) is 0 Å². The number of hydrogen-bond acceptors (Lipinski definition) is 3. The lowest BCUT2D eigenvalue weighted by atomic mass is 10.1. The molecule has 0 saturated heterocycles. The number of nitrogens with one attached hydrogen (secondary N) is 1. The summed E-state index contributed by atoms with van der Waals surface area (Å²) >= 11 is 0. The smallest absolute Gasteiger partial charge is 0.320 e. The Kier molecular flexibility index (Phi) is 4.31. The van der Waals surface area contributed by atoms with Crippen molar-refractivity contribution in [3.8, 4) is 5.75 Å². The Hall–Kier alpha value is -1.55. The molecule has 0 saturated carbocycles. The Labute approximate surface area is 95.2 Å². The highest BCUT2D eigenvalue weighted by atomic mass is 16.5. The Balaban J connectivity index is 2.72. The predicted molar refractivity (Wildman–Crippen MR) is 61.7 cm³/mol. The van der Waals surface area contributed by atoms with E-state index in [1.165, 1.54) is 0 Å². The number of carboxylic acid groups (broad SMARTS) is 1. The highest BCUT2D eigenvalue weighted by Gasteiger charge is 2.11. The molecule has 1 atom stereocenters. The van der Waals surface area contributed by atoms with Crippen LogP contribution < -0.4 is 10.1 Å². The van der Waals surface area contributed by atoms with Crippen LogP contribution in [0.1, 0.15) is 18.1 Å². The number of aliphatic carboxylic acids is 1. The molecule has 0 fully saturated rings. The summed E-state index contributed by atoms with van der Waals surface area (Å²) in [7, 11) is 1.61. The van der Waals surface area contributed by atoms with Crippen molar-refractivity contribution in [2.75, 3.05) is 7.11 Å². The summed E-state index contributed by atoms with van der Waals surface area (Å²) in [4.78, 5) is 10.6. The summed E-state index contributed by atoms with van der Waals surface area (Å²) in [5.74, 6) is -0.0812. The first kappa shape index (κ1) is 12.5. The average molecular weight is 223 g/mol. The molecule has 1 aromatic carbocycles. The van der Waals surface area contributed by atoms with E-state index in [4.69, 9.17) is 9.84 Å². The number of carboxylic acids is 1. The molecule has 0 unspecified atom stereocenters. The van der Waals surface area contributed by atoms with Crippen molar-refractivity contribution in [3.05, 3.63) is 29.3 Å². The van der Waals surface area contributed by atoms with Crippen LogP contribution in [0.15, 0.2) is 18.2 Å². The van der Waals surface area contributed by atoms with E-state index in [1.807, 2.05) is 25.1 Å². The third-order valence-electron chi connectivity index (χ3n) is 2.41. The molecule has 4 nitrogen and oxygen atoms in total. The third kappa shape index (κ3) is 3.24. The molecule has 0 aliphatic heterocycles. The van der Waals surface area contributed by atoms with Gasteiger partial charge in [-0.2, -0.15) is 0 Å². The molecule has 0 amide bonds. The van der Waals surface area contributed by atoms with Crippen LogP contribution in [0.25, 0.3) is 0 Å². The first-order chi connectivity index (χ1) is 7.54. The van der Waals surface area contributed by atoms with Gasteiger partial charge in [0.1, 0.15) is 11.8 Å². The van der Waals surface area contributed by atoms with Gasteiger partial charge in [-0.1, -0.05) is 17.7 Å². The minimum Gasteiger partial charge on any atom is -0.496 e. The van der Waals surface area contributed by atoms with Gasteiger partial charge < -0.3 is 15.2 Å². The monoisotopic (exact) mass is 223 g/mol. The first-order valence-electron chi connectivity index (χ1n) is 5.14. The van der Waals surface area contributed by atoms with Crippen molar-refractivity contribution in [1.29, 1.82) is 0 Å². The summed E-state index contributed by atoms with van der Waals surface area (Å²) < 4.78 is 5.21. The largest absolute Gasteiger partial charge is 0.496 e. The van der Waals surface area contributed by atoms with Gasteiger partial charge in [0.25, 0.3) is 0 Å². The van der Waals surface area contributed by atoms with Crippen LogP contribution in [0.3, 0.4) is 0 Å². The van der Waals surface area contributed by atoms with E-state index in [-0.39, 0.29) is 0 Å². The molecular weight excluding hydrogens is 206 g/mol. The number of methoxy groups -OCH3 is 1. The van der Waals surface area contributed by atoms with Gasteiger partial charge in [0, 0.05) is 12.1 Å². The lowest BCUT2D eigenvalue weighted by molar-refractivity contribution is -0.139. The normalized spacial score (nSPS) is 12.2. The molecule has 0 aliphatic rings. The topological polar surface area (TPSA) is 58.6 Å². The molecule has 16 heavy (non-hydrogen) atoms. The summed E-state index contributed by atoms with van der Waals surface area (Å²) in [6.07, 6.45) is 0. The van der Waals surface area contributed by atoms with Crippen molar-refractivity contribution in [2.24, 2.45) is 0 Å². The Morgan fingerprint density at radius 2 is 2.25 bits per heavy atom. The highest BCUT2D eigenvalue weighted by Crippen LogP contribution is 2.19. The van der Waals surface area contributed by atoms with Crippen molar-refractivity contribution in [1.82, 2.24) is 5.32 Å². The Morgan fingerprint density at radius 1 is 1.56 bits per heavy atom. The standard InChI is InChI=1S/C12H17NO3/c1-8-4-5-11(16-3)10(6-8)7-13-9(2)12(14)15/h4-6,9,13H,7H2,1-3H3,(H,14,15)/t9-/m1/s1. The predicted octanol–water partition coefficient (Wildman–Crippen LogP) is 1.57. The van der Waals surface area contributed by atoms with Gasteiger partial charge in [-0.05, 0) is 19.9 Å². The zero-order valence-corrected chi connectivity index (χ0v) is 9.78. The highest BCUT2D eigenvalue weighted by molar-refractivity contribution is 5.72. The lowest BCUT2D eigenvalue weighted by Gasteiger charge is -2.12. The summed E-state index contributed by atoms with van der Waals surface area (Å²) in [6, 6.07) is 5.27. The Morgan fingerprint density at radius 3 is 2.81 bits per heavy atom. The van der Waals surface area contributed by atoms with Crippen LogP contribution in [0.5, 0.6) is 5.75 Å². The van der Waals surface area contributed by atoms with E-state index in [1.54, 1.807) is 14.0 Å². The zero-order valence-electron chi connectivity index (χ0n) is 9.78. The summed E-state index contributed by atoms with van der Waals surface area (Å²) in [5.41, 5.74) is 2.09. The molecule has 0 heterocycles. The molecular formula is C12H17NO3. The maximum absolute atomic E-state index is 10.6. The van der Waals surface area contributed by atoms with Crippen LogP contribution in [-0.2, 0) is 11.3 Å². The van der Waals surface area contributed by atoms with Gasteiger partial charge in [0.15, 0.2) is 0 Å². The fourth-order valence-corrected chi connectivity index (χ4v) is 1.40.